The quantitative estimate of drug-likeness (QED) is 0.677. The summed E-state index contributed by atoms with van der Waals surface area (Å²) >= 11 is 0. The highest BCUT2D eigenvalue weighted by Crippen LogP contribution is 2.06. The largest absolute Gasteiger partial charge is 0.349 e. The van der Waals surface area contributed by atoms with E-state index in [4.69, 9.17) is 0 Å². The fraction of sp³-hybridized carbons (Fsp3) is 0.750. The van der Waals surface area contributed by atoms with Gasteiger partial charge < -0.3 is 10.3 Å². The highest BCUT2D eigenvalue weighted by molar-refractivity contribution is 4.86. The molecule has 1 rings (SSSR count). The predicted molar refractivity (Wildman–Crippen MR) is 63.8 cm³/mol. The van der Waals surface area contributed by atoms with E-state index in [1.807, 2.05) is 12.4 Å². The van der Waals surface area contributed by atoms with Crippen LogP contribution >= 0.6 is 0 Å². The van der Waals surface area contributed by atoms with Crippen molar-refractivity contribution >= 4 is 0 Å². The molecule has 2 unspecified atom stereocenters. The zero-order chi connectivity index (χ0) is 11.1. The molecule has 1 heterocycles. The molecule has 0 aliphatic rings. The Hall–Kier alpha value is -0.830. The molecule has 0 amide bonds. The summed E-state index contributed by atoms with van der Waals surface area (Å²) in [5.74, 6) is 1.85. The molecule has 1 aromatic rings. The third kappa shape index (κ3) is 4.47. The Bertz CT molecular complexity index is 243. The van der Waals surface area contributed by atoms with Gasteiger partial charge in [-0.15, -0.1) is 0 Å². The Kier molecular flexibility index (Phi) is 5.40. The number of nitrogens with one attached hydrogen (secondary N) is 2. The molecule has 0 radical (unpaired) electrons. The van der Waals surface area contributed by atoms with Gasteiger partial charge in [-0.05, 0) is 25.8 Å². The van der Waals surface area contributed by atoms with Gasteiger partial charge in [0.25, 0.3) is 0 Å². The molecular weight excluding hydrogens is 186 g/mol. The van der Waals surface area contributed by atoms with Gasteiger partial charge in [0.15, 0.2) is 0 Å². The summed E-state index contributed by atoms with van der Waals surface area (Å²) in [6.45, 7) is 7.88. The fourth-order valence-electron chi connectivity index (χ4n) is 1.57. The Morgan fingerprint density at radius 3 is 2.87 bits per heavy atom. The third-order valence-corrected chi connectivity index (χ3v) is 3.11. The number of aromatic amines is 1. The SMILES string of the molecule is CCC(C)C(C)NCCCc1ncc[nH]1. The van der Waals surface area contributed by atoms with E-state index < -0.39 is 0 Å². The molecule has 2 atom stereocenters. The summed E-state index contributed by atoms with van der Waals surface area (Å²) in [4.78, 5) is 7.32. The number of nitrogens with zero attached hydrogens (tertiary/aromatic N) is 1. The number of hydrogen-bond acceptors (Lipinski definition) is 2. The average Bonchev–Trinajstić information content (AvgIpc) is 2.75. The van der Waals surface area contributed by atoms with Crippen LogP contribution in [0.25, 0.3) is 0 Å². The second kappa shape index (κ2) is 6.62. The second-order valence-electron chi connectivity index (χ2n) is 4.27. The van der Waals surface area contributed by atoms with Crippen molar-refractivity contribution in [2.45, 2.75) is 46.1 Å². The summed E-state index contributed by atoms with van der Waals surface area (Å²) in [6.07, 6.45) is 7.11. The van der Waals surface area contributed by atoms with Crippen molar-refractivity contribution in [3.63, 3.8) is 0 Å². The molecule has 3 nitrogen and oxygen atoms in total. The Morgan fingerprint density at radius 1 is 1.47 bits per heavy atom. The van der Waals surface area contributed by atoms with E-state index >= 15 is 0 Å². The third-order valence-electron chi connectivity index (χ3n) is 3.11. The molecule has 3 heteroatoms. The number of H-pyrrole nitrogens is 1. The van der Waals surface area contributed by atoms with Crippen molar-refractivity contribution in [3.8, 4) is 0 Å². The fourth-order valence-corrected chi connectivity index (χ4v) is 1.57. The topological polar surface area (TPSA) is 40.7 Å². The Labute approximate surface area is 92.7 Å². The van der Waals surface area contributed by atoms with E-state index in [0.29, 0.717) is 6.04 Å². The van der Waals surface area contributed by atoms with Gasteiger partial charge in [0.2, 0.25) is 0 Å². The Morgan fingerprint density at radius 2 is 2.27 bits per heavy atom. The van der Waals surface area contributed by atoms with Crippen LogP contribution < -0.4 is 5.32 Å². The zero-order valence-corrected chi connectivity index (χ0v) is 10.1. The van der Waals surface area contributed by atoms with Crippen LogP contribution in [0.4, 0.5) is 0 Å². The van der Waals surface area contributed by atoms with Crippen molar-refractivity contribution in [2.75, 3.05) is 6.54 Å². The number of aromatic nitrogens is 2. The molecule has 0 spiro atoms. The molecular formula is C12H23N3. The van der Waals surface area contributed by atoms with Gasteiger partial charge in [-0.2, -0.15) is 0 Å². The molecule has 0 aromatic carbocycles. The zero-order valence-electron chi connectivity index (χ0n) is 10.1. The summed E-state index contributed by atoms with van der Waals surface area (Å²) in [5, 5.41) is 3.55. The van der Waals surface area contributed by atoms with Crippen LogP contribution in [0.15, 0.2) is 12.4 Å². The molecule has 0 aliphatic carbocycles. The first-order valence-electron chi connectivity index (χ1n) is 5.95. The first-order chi connectivity index (χ1) is 7.24. The highest BCUT2D eigenvalue weighted by atomic mass is 14.9. The van der Waals surface area contributed by atoms with Crippen LogP contribution in [0.1, 0.15) is 39.4 Å². The van der Waals surface area contributed by atoms with Gasteiger partial charge in [-0.25, -0.2) is 4.98 Å². The molecule has 0 fully saturated rings. The molecule has 0 aliphatic heterocycles. The predicted octanol–water partition coefficient (Wildman–Crippen LogP) is 2.37. The van der Waals surface area contributed by atoms with Gasteiger partial charge in [0.1, 0.15) is 5.82 Å². The maximum absolute atomic E-state index is 4.20. The summed E-state index contributed by atoms with van der Waals surface area (Å²) < 4.78 is 0. The summed E-state index contributed by atoms with van der Waals surface area (Å²) in [6, 6.07) is 0.617. The van der Waals surface area contributed by atoms with E-state index in [0.717, 1.165) is 31.1 Å². The van der Waals surface area contributed by atoms with Crippen molar-refractivity contribution in [2.24, 2.45) is 5.92 Å². The first kappa shape index (κ1) is 12.2. The minimum atomic E-state index is 0.617. The normalized spacial score (nSPS) is 15.1. The van der Waals surface area contributed by atoms with Crippen LogP contribution in [0.5, 0.6) is 0 Å². The van der Waals surface area contributed by atoms with E-state index in [-0.39, 0.29) is 0 Å². The van der Waals surface area contributed by atoms with E-state index in [1.165, 1.54) is 6.42 Å². The van der Waals surface area contributed by atoms with E-state index in [2.05, 4.69) is 36.1 Å². The molecule has 0 bridgehead atoms. The van der Waals surface area contributed by atoms with Gasteiger partial charge in [0, 0.05) is 24.9 Å². The maximum Gasteiger partial charge on any atom is 0.106 e. The van der Waals surface area contributed by atoms with Crippen LogP contribution in [0.3, 0.4) is 0 Å². The smallest absolute Gasteiger partial charge is 0.106 e. The monoisotopic (exact) mass is 209 g/mol. The lowest BCUT2D eigenvalue weighted by Gasteiger charge is -2.19. The van der Waals surface area contributed by atoms with Gasteiger partial charge in [-0.3, -0.25) is 0 Å². The molecule has 1 aromatic heterocycles. The van der Waals surface area contributed by atoms with Crippen molar-refractivity contribution < 1.29 is 0 Å². The number of imidazole rings is 1. The number of aryl methyl sites for hydroxylation is 1. The lowest BCUT2D eigenvalue weighted by Crippen LogP contribution is -2.32. The second-order valence-corrected chi connectivity index (χ2v) is 4.27. The molecule has 2 N–H and O–H groups in total. The average molecular weight is 209 g/mol. The maximum atomic E-state index is 4.20. The van der Waals surface area contributed by atoms with Crippen molar-refractivity contribution in [3.05, 3.63) is 18.2 Å². The lowest BCUT2D eigenvalue weighted by atomic mass is 10.0. The summed E-state index contributed by atoms with van der Waals surface area (Å²) in [5.41, 5.74) is 0. The van der Waals surface area contributed by atoms with Gasteiger partial charge in [0.05, 0.1) is 0 Å². The van der Waals surface area contributed by atoms with Crippen LogP contribution in [-0.4, -0.2) is 22.6 Å². The van der Waals surface area contributed by atoms with E-state index in [9.17, 15) is 0 Å². The van der Waals surface area contributed by atoms with Crippen LogP contribution in [0.2, 0.25) is 0 Å². The molecule has 0 saturated heterocycles. The molecule has 15 heavy (non-hydrogen) atoms. The van der Waals surface area contributed by atoms with Gasteiger partial charge >= 0.3 is 0 Å². The minimum Gasteiger partial charge on any atom is -0.349 e. The molecule has 86 valence electrons. The highest BCUT2D eigenvalue weighted by Gasteiger charge is 2.08. The van der Waals surface area contributed by atoms with Gasteiger partial charge in [-0.1, -0.05) is 20.3 Å². The number of rotatable bonds is 7. The standard InChI is InChI=1S/C12H23N3/c1-4-10(2)11(3)13-7-5-6-12-14-8-9-15-12/h8-11,13H,4-7H2,1-3H3,(H,14,15). The van der Waals surface area contributed by atoms with Crippen molar-refractivity contribution in [1.82, 2.24) is 15.3 Å². The summed E-state index contributed by atoms with van der Waals surface area (Å²) in [7, 11) is 0. The van der Waals surface area contributed by atoms with Crippen LogP contribution in [-0.2, 0) is 6.42 Å². The Balaban J connectivity index is 2.06. The van der Waals surface area contributed by atoms with Crippen LogP contribution in [0, 0.1) is 5.92 Å². The van der Waals surface area contributed by atoms with Crippen molar-refractivity contribution in [1.29, 1.82) is 0 Å². The minimum absolute atomic E-state index is 0.617. The first-order valence-corrected chi connectivity index (χ1v) is 5.95. The lowest BCUT2D eigenvalue weighted by molar-refractivity contribution is 0.389. The molecule has 0 saturated carbocycles. The van der Waals surface area contributed by atoms with E-state index in [1.54, 1.807) is 0 Å². The number of hydrogen-bond donors (Lipinski definition) is 2.